The smallest absolute Gasteiger partial charge is 0.220 e. The Morgan fingerprint density at radius 1 is 1.30 bits per heavy atom. The third-order valence-corrected chi connectivity index (χ3v) is 5.66. The Balaban J connectivity index is 1.65. The van der Waals surface area contributed by atoms with E-state index in [0.29, 0.717) is 23.7 Å². The van der Waals surface area contributed by atoms with Crippen molar-refractivity contribution < 1.29 is 9.53 Å². The van der Waals surface area contributed by atoms with Gasteiger partial charge in [-0.25, -0.2) is 0 Å². The Labute approximate surface area is 159 Å². The predicted octanol–water partition coefficient (Wildman–Crippen LogP) is 4.70. The normalized spacial score (nSPS) is 10.6. The van der Waals surface area contributed by atoms with E-state index in [4.69, 9.17) is 16.3 Å². The first-order chi connectivity index (χ1) is 11.1. The highest BCUT2D eigenvalue weighted by Gasteiger charge is 2.05. The lowest BCUT2D eigenvalue weighted by Crippen LogP contribution is -2.25. The van der Waals surface area contributed by atoms with E-state index in [0.717, 1.165) is 24.8 Å². The predicted molar refractivity (Wildman–Crippen MR) is 105 cm³/mol. The molecule has 0 aliphatic carbocycles. The lowest BCUT2D eigenvalue weighted by Gasteiger charge is -2.07. The number of carbonyl (C=O) groups is 1. The van der Waals surface area contributed by atoms with Crippen LogP contribution in [0.2, 0.25) is 5.02 Å². The van der Waals surface area contributed by atoms with E-state index in [1.165, 1.54) is 7.76 Å². The summed E-state index contributed by atoms with van der Waals surface area (Å²) >= 11 is 10.2. The van der Waals surface area contributed by atoms with Crippen LogP contribution < -0.4 is 10.1 Å². The van der Waals surface area contributed by atoms with E-state index >= 15 is 0 Å². The molecule has 0 saturated carbocycles. The standard InChI is InChI=1S/C17H19ClINO2S/c1-22-15-7-5-12(11-14(15)18)9-10-20-17(21)4-2-3-13-6-8-16(19)23-13/h5-8,11H,2-4,9-10H2,1H3,(H,20,21). The fourth-order valence-electron chi connectivity index (χ4n) is 2.21. The van der Waals surface area contributed by atoms with Gasteiger partial charge < -0.3 is 10.1 Å². The topological polar surface area (TPSA) is 38.3 Å². The van der Waals surface area contributed by atoms with Gasteiger partial charge in [-0.15, -0.1) is 11.3 Å². The molecule has 2 aromatic rings. The molecule has 0 atom stereocenters. The number of rotatable bonds is 8. The quantitative estimate of drug-likeness (QED) is 0.577. The first-order valence-electron chi connectivity index (χ1n) is 7.42. The van der Waals surface area contributed by atoms with Crippen LogP contribution in [0.15, 0.2) is 30.3 Å². The summed E-state index contributed by atoms with van der Waals surface area (Å²) in [5, 5.41) is 3.56. The lowest BCUT2D eigenvalue weighted by molar-refractivity contribution is -0.121. The van der Waals surface area contributed by atoms with Crippen molar-refractivity contribution in [1.82, 2.24) is 5.32 Å². The Morgan fingerprint density at radius 2 is 2.13 bits per heavy atom. The zero-order valence-corrected chi connectivity index (χ0v) is 16.6. The highest BCUT2D eigenvalue weighted by Crippen LogP contribution is 2.25. The van der Waals surface area contributed by atoms with Gasteiger partial charge >= 0.3 is 0 Å². The van der Waals surface area contributed by atoms with Gasteiger partial charge in [0.2, 0.25) is 5.91 Å². The molecule has 0 saturated heterocycles. The maximum absolute atomic E-state index is 11.8. The molecular formula is C17H19ClINO2S. The average molecular weight is 464 g/mol. The molecule has 0 aliphatic rings. The molecule has 0 aliphatic heterocycles. The summed E-state index contributed by atoms with van der Waals surface area (Å²) in [6.07, 6.45) is 3.18. The van der Waals surface area contributed by atoms with Gasteiger partial charge in [-0.05, 0) is 71.7 Å². The Hall–Kier alpha value is -0.790. The highest BCUT2D eigenvalue weighted by molar-refractivity contribution is 14.1. The van der Waals surface area contributed by atoms with E-state index in [9.17, 15) is 4.79 Å². The van der Waals surface area contributed by atoms with Gasteiger partial charge in [-0.1, -0.05) is 17.7 Å². The van der Waals surface area contributed by atoms with Crippen LogP contribution in [-0.4, -0.2) is 19.6 Å². The van der Waals surface area contributed by atoms with Gasteiger partial charge in [0.05, 0.1) is 15.0 Å². The maximum Gasteiger partial charge on any atom is 0.220 e. The molecular weight excluding hydrogens is 445 g/mol. The van der Waals surface area contributed by atoms with E-state index in [1.807, 2.05) is 18.2 Å². The minimum atomic E-state index is 0.107. The number of aryl methyl sites for hydroxylation is 1. The summed E-state index contributed by atoms with van der Waals surface area (Å²) in [5.41, 5.74) is 1.09. The number of carbonyl (C=O) groups excluding carboxylic acids is 1. The van der Waals surface area contributed by atoms with Crippen LogP contribution in [0.25, 0.3) is 0 Å². The highest BCUT2D eigenvalue weighted by atomic mass is 127. The van der Waals surface area contributed by atoms with Gasteiger partial charge in [0, 0.05) is 17.8 Å². The zero-order valence-electron chi connectivity index (χ0n) is 12.9. The molecule has 0 radical (unpaired) electrons. The second-order valence-corrected chi connectivity index (χ2v) is 8.60. The first kappa shape index (κ1) is 18.5. The second kappa shape index (κ2) is 9.49. The van der Waals surface area contributed by atoms with Gasteiger partial charge in [0.1, 0.15) is 5.75 Å². The maximum atomic E-state index is 11.8. The van der Waals surface area contributed by atoms with Crippen LogP contribution in [0.5, 0.6) is 5.75 Å². The largest absolute Gasteiger partial charge is 0.495 e. The minimum Gasteiger partial charge on any atom is -0.495 e. The average Bonchev–Trinajstić information content (AvgIpc) is 2.93. The molecule has 0 unspecified atom stereocenters. The van der Waals surface area contributed by atoms with Crippen molar-refractivity contribution in [2.75, 3.05) is 13.7 Å². The summed E-state index contributed by atoms with van der Waals surface area (Å²) in [6.45, 7) is 0.623. The van der Waals surface area contributed by atoms with Crippen molar-refractivity contribution in [3.8, 4) is 5.75 Å². The first-order valence-corrected chi connectivity index (χ1v) is 9.69. The van der Waals surface area contributed by atoms with Crippen LogP contribution in [0, 0.1) is 2.88 Å². The number of nitrogens with one attached hydrogen (secondary N) is 1. The number of methoxy groups -OCH3 is 1. The molecule has 1 aromatic carbocycles. The zero-order chi connectivity index (χ0) is 16.7. The third kappa shape index (κ3) is 6.31. The molecule has 124 valence electrons. The van der Waals surface area contributed by atoms with Gasteiger partial charge in [-0.3, -0.25) is 4.79 Å². The van der Waals surface area contributed by atoms with E-state index in [1.54, 1.807) is 18.4 Å². The van der Waals surface area contributed by atoms with Crippen molar-refractivity contribution in [1.29, 1.82) is 0 Å². The molecule has 2 rings (SSSR count). The van der Waals surface area contributed by atoms with Crippen molar-refractivity contribution >= 4 is 51.4 Å². The van der Waals surface area contributed by atoms with Crippen molar-refractivity contribution in [3.05, 3.63) is 48.7 Å². The third-order valence-electron chi connectivity index (χ3n) is 3.41. The monoisotopic (exact) mass is 463 g/mol. The van der Waals surface area contributed by atoms with E-state index in [2.05, 4.69) is 40.0 Å². The number of ether oxygens (including phenoxy) is 1. The molecule has 1 aromatic heterocycles. The number of thiophene rings is 1. The van der Waals surface area contributed by atoms with Gasteiger partial charge in [0.25, 0.3) is 0 Å². The summed E-state index contributed by atoms with van der Waals surface area (Å²) < 4.78 is 6.42. The summed E-state index contributed by atoms with van der Waals surface area (Å²) in [7, 11) is 1.60. The number of hydrogen-bond acceptors (Lipinski definition) is 3. The second-order valence-electron chi connectivity index (χ2n) is 5.13. The summed E-state index contributed by atoms with van der Waals surface area (Å²) in [4.78, 5) is 13.2. The summed E-state index contributed by atoms with van der Waals surface area (Å²) in [6, 6.07) is 9.94. The Bertz CT molecular complexity index is 660. The molecule has 0 bridgehead atoms. The Morgan fingerprint density at radius 3 is 2.78 bits per heavy atom. The van der Waals surface area contributed by atoms with Crippen molar-refractivity contribution in [2.45, 2.75) is 25.7 Å². The van der Waals surface area contributed by atoms with Crippen LogP contribution >= 0.6 is 45.5 Å². The number of amides is 1. The SMILES string of the molecule is COc1ccc(CCNC(=O)CCCc2ccc(I)s2)cc1Cl. The molecule has 1 N–H and O–H groups in total. The van der Waals surface area contributed by atoms with Crippen LogP contribution in [0.3, 0.4) is 0 Å². The minimum absolute atomic E-state index is 0.107. The van der Waals surface area contributed by atoms with Gasteiger partial charge in [0.15, 0.2) is 0 Å². The molecule has 6 heteroatoms. The number of benzene rings is 1. The van der Waals surface area contributed by atoms with Crippen LogP contribution in [0.4, 0.5) is 0 Å². The van der Waals surface area contributed by atoms with Crippen molar-refractivity contribution in [3.63, 3.8) is 0 Å². The molecule has 1 amide bonds. The molecule has 3 nitrogen and oxygen atoms in total. The van der Waals surface area contributed by atoms with Crippen LogP contribution in [0.1, 0.15) is 23.3 Å². The fraction of sp³-hybridized carbons (Fsp3) is 0.353. The Kier molecular flexibility index (Phi) is 7.65. The lowest BCUT2D eigenvalue weighted by atomic mass is 10.1. The van der Waals surface area contributed by atoms with E-state index in [-0.39, 0.29) is 5.91 Å². The van der Waals surface area contributed by atoms with Gasteiger partial charge in [-0.2, -0.15) is 0 Å². The molecule has 23 heavy (non-hydrogen) atoms. The molecule has 1 heterocycles. The number of halogens is 2. The number of hydrogen-bond donors (Lipinski definition) is 1. The molecule has 0 spiro atoms. The summed E-state index contributed by atoms with van der Waals surface area (Å²) in [5.74, 6) is 0.776. The van der Waals surface area contributed by atoms with E-state index < -0.39 is 0 Å². The molecule has 0 fully saturated rings. The fourth-order valence-corrected chi connectivity index (χ4v) is 4.29. The van der Waals surface area contributed by atoms with Crippen molar-refractivity contribution in [2.24, 2.45) is 0 Å². The van der Waals surface area contributed by atoms with Crippen LogP contribution in [-0.2, 0) is 17.6 Å².